The molecule has 1 unspecified atom stereocenters. The molecule has 2 aliphatic heterocycles. The second-order valence-corrected chi connectivity index (χ2v) is 6.65. The van der Waals surface area contributed by atoms with E-state index in [9.17, 15) is 5.11 Å². The van der Waals surface area contributed by atoms with Gasteiger partial charge in [0, 0.05) is 45.3 Å². The first-order valence-corrected chi connectivity index (χ1v) is 8.52. The molecular weight excluding hydrogens is 250 g/mol. The molecule has 2 saturated heterocycles. The summed E-state index contributed by atoms with van der Waals surface area (Å²) in [7, 11) is 0. The minimum atomic E-state index is 0.308. The molecule has 0 bridgehead atoms. The molecule has 2 heterocycles. The van der Waals surface area contributed by atoms with Crippen LogP contribution >= 0.6 is 0 Å². The smallest absolute Gasteiger partial charge is 0.0586 e. The van der Waals surface area contributed by atoms with E-state index in [-0.39, 0.29) is 0 Å². The van der Waals surface area contributed by atoms with Crippen LogP contribution in [0.25, 0.3) is 0 Å². The molecule has 1 N–H and O–H groups in total. The van der Waals surface area contributed by atoms with Crippen LogP contribution < -0.4 is 0 Å². The van der Waals surface area contributed by atoms with Gasteiger partial charge in [0.25, 0.3) is 0 Å². The van der Waals surface area contributed by atoms with E-state index in [2.05, 4.69) is 28.5 Å². The molecule has 4 nitrogen and oxygen atoms in total. The summed E-state index contributed by atoms with van der Waals surface area (Å²) >= 11 is 0. The Labute approximate surface area is 124 Å². The molecule has 0 aromatic heterocycles. The number of rotatable bonds is 6. The number of hydrogen-bond acceptors (Lipinski definition) is 4. The first-order chi connectivity index (χ1) is 9.72. The molecule has 0 aromatic rings. The predicted octanol–water partition coefficient (Wildman–Crippen LogP) is 1.11. The lowest BCUT2D eigenvalue weighted by Gasteiger charge is -2.39. The average molecular weight is 283 g/mol. The summed E-state index contributed by atoms with van der Waals surface area (Å²) in [5.41, 5.74) is 0. The summed E-state index contributed by atoms with van der Waals surface area (Å²) in [4.78, 5) is 7.69. The molecule has 0 radical (unpaired) electrons. The summed E-state index contributed by atoms with van der Waals surface area (Å²) in [5.74, 6) is 0.930. The molecule has 2 rings (SSSR count). The highest BCUT2D eigenvalue weighted by molar-refractivity contribution is 4.78. The summed E-state index contributed by atoms with van der Waals surface area (Å²) in [6.45, 7) is 14.5. The maximum atomic E-state index is 9.38. The van der Waals surface area contributed by atoms with Crippen molar-refractivity contribution in [3.8, 4) is 0 Å². The fourth-order valence-electron chi connectivity index (χ4n) is 3.42. The molecule has 2 fully saturated rings. The molecule has 0 aromatic carbocycles. The Morgan fingerprint density at radius 3 is 2.00 bits per heavy atom. The lowest BCUT2D eigenvalue weighted by Crippen LogP contribution is -2.52. The van der Waals surface area contributed by atoms with E-state index in [1.54, 1.807) is 0 Å². The van der Waals surface area contributed by atoms with Crippen molar-refractivity contribution >= 4 is 0 Å². The fourth-order valence-corrected chi connectivity index (χ4v) is 3.42. The largest absolute Gasteiger partial charge is 0.395 e. The van der Waals surface area contributed by atoms with E-state index in [0.29, 0.717) is 12.6 Å². The Hall–Kier alpha value is -0.160. The van der Waals surface area contributed by atoms with Crippen LogP contribution in [0.2, 0.25) is 0 Å². The van der Waals surface area contributed by atoms with Crippen molar-refractivity contribution in [3.05, 3.63) is 0 Å². The number of aliphatic hydroxyl groups excluding tert-OH is 1. The van der Waals surface area contributed by atoms with Gasteiger partial charge in [-0.3, -0.25) is 9.80 Å². The van der Waals surface area contributed by atoms with Gasteiger partial charge in [-0.15, -0.1) is 0 Å². The maximum Gasteiger partial charge on any atom is 0.0586 e. The lowest BCUT2D eigenvalue weighted by atomic mass is 9.99. The Kier molecular flexibility index (Phi) is 6.75. The molecule has 20 heavy (non-hydrogen) atoms. The first-order valence-electron chi connectivity index (χ1n) is 8.52. The van der Waals surface area contributed by atoms with Crippen molar-refractivity contribution in [2.24, 2.45) is 5.92 Å². The Bertz CT molecular complexity index is 254. The lowest BCUT2D eigenvalue weighted by molar-refractivity contribution is 0.0573. The van der Waals surface area contributed by atoms with Crippen molar-refractivity contribution in [2.75, 3.05) is 59.0 Å². The van der Waals surface area contributed by atoms with Crippen LogP contribution in [0.4, 0.5) is 0 Å². The Balaban J connectivity index is 1.62. The third-order valence-corrected chi connectivity index (χ3v) is 5.21. The van der Waals surface area contributed by atoms with Crippen molar-refractivity contribution in [1.29, 1.82) is 0 Å². The molecular formula is C16H33N3O. The van der Waals surface area contributed by atoms with Gasteiger partial charge in [0.2, 0.25) is 0 Å². The van der Waals surface area contributed by atoms with E-state index in [4.69, 9.17) is 0 Å². The van der Waals surface area contributed by atoms with Crippen LogP contribution in [0.1, 0.15) is 33.1 Å². The van der Waals surface area contributed by atoms with Gasteiger partial charge < -0.3 is 10.0 Å². The average Bonchev–Trinajstić information content (AvgIpc) is 2.49. The molecule has 1 atom stereocenters. The van der Waals surface area contributed by atoms with Gasteiger partial charge in [0.1, 0.15) is 0 Å². The SMILES string of the molecule is CCC(CO)N1CCN(CCN2CCC(C)CC2)CC1. The van der Waals surface area contributed by atoms with Crippen LogP contribution in [0, 0.1) is 5.92 Å². The van der Waals surface area contributed by atoms with E-state index in [1.165, 1.54) is 52.1 Å². The summed E-state index contributed by atoms with van der Waals surface area (Å²) in [5, 5.41) is 9.38. The van der Waals surface area contributed by atoms with E-state index >= 15 is 0 Å². The van der Waals surface area contributed by atoms with E-state index in [0.717, 1.165) is 25.4 Å². The van der Waals surface area contributed by atoms with Gasteiger partial charge in [-0.1, -0.05) is 13.8 Å². The molecule has 0 spiro atoms. The zero-order valence-electron chi connectivity index (χ0n) is 13.4. The van der Waals surface area contributed by atoms with E-state index in [1.807, 2.05) is 0 Å². The minimum absolute atomic E-state index is 0.308. The summed E-state index contributed by atoms with van der Waals surface area (Å²) in [6.07, 6.45) is 3.81. The molecule has 0 amide bonds. The molecule has 0 aliphatic carbocycles. The van der Waals surface area contributed by atoms with Gasteiger partial charge >= 0.3 is 0 Å². The number of likely N-dealkylation sites (tertiary alicyclic amines) is 1. The van der Waals surface area contributed by atoms with Crippen molar-refractivity contribution < 1.29 is 5.11 Å². The normalized spacial score (nSPS) is 25.9. The van der Waals surface area contributed by atoms with Crippen LogP contribution in [0.3, 0.4) is 0 Å². The molecule has 0 saturated carbocycles. The molecule has 2 aliphatic rings. The summed E-state index contributed by atoms with van der Waals surface area (Å²) < 4.78 is 0. The van der Waals surface area contributed by atoms with Crippen molar-refractivity contribution in [3.63, 3.8) is 0 Å². The van der Waals surface area contributed by atoms with Crippen LogP contribution in [-0.2, 0) is 0 Å². The second-order valence-electron chi connectivity index (χ2n) is 6.65. The fraction of sp³-hybridized carbons (Fsp3) is 1.00. The highest BCUT2D eigenvalue weighted by atomic mass is 16.3. The highest BCUT2D eigenvalue weighted by Gasteiger charge is 2.23. The standard InChI is InChI=1S/C16H33N3O/c1-3-16(14-20)19-12-10-18(11-13-19)9-8-17-6-4-15(2)5-7-17/h15-16,20H,3-14H2,1-2H3. The van der Waals surface area contributed by atoms with Crippen LogP contribution in [0.15, 0.2) is 0 Å². The minimum Gasteiger partial charge on any atom is -0.395 e. The van der Waals surface area contributed by atoms with Gasteiger partial charge in [-0.2, -0.15) is 0 Å². The number of hydrogen-bond donors (Lipinski definition) is 1. The third-order valence-electron chi connectivity index (χ3n) is 5.21. The number of piperidine rings is 1. The Morgan fingerprint density at radius 1 is 0.950 bits per heavy atom. The van der Waals surface area contributed by atoms with Gasteiger partial charge in [-0.25, -0.2) is 0 Å². The Morgan fingerprint density at radius 2 is 1.50 bits per heavy atom. The second kappa shape index (κ2) is 8.32. The predicted molar refractivity (Wildman–Crippen MR) is 84.0 cm³/mol. The summed E-state index contributed by atoms with van der Waals surface area (Å²) in [6, 6.07) is 0.376. The third kappa shape index (κ3) is 4.69. The van der Waals surface area contributed by atoms with Gasteiger partial charge in [0.05, 0.1) is 6.61 Å². The quantitative estimate of drug-likeness (QED) is 0.791. The number of aliphatic hydroxyl groups is 1. The number of piperazine rings is 1. The highest BCUT2D eigenvalue weighted by Crippen LogP contribution is 2.16. The number of nitrogens with zero attached hydrogens (tertiary/aromatic N) is 3. The molecule has 118 valence electrons. The van der Waals surface area contributed by atoms with Crippen molar-refractivity contribution in [2.45, 2.75) is 39.2 Å². The monoisotopic (exact) mass is 283 g/mol. The van der Waals surface area contributed by atoms with Crippen molar-refractivity contribution in [1.82, 2.24) is 14.7 Å². The van der Waals surface area contributed by atoms with Gasteiger partial charge in [-0.05, 0) is 38.3 Å². The zero-order chi connectivity index (χ0) is 14.4. The van der Waals surface area contributed by atoms with Crippen LogP contribution in [0.5, 0.6) is 0 Å². The maximum absolute atomic E-state index is 9.38. The molecule has 4 heteroatoms. The van der Waals surface area contributed by atoms with Gasteiger partial charge in [0.15, 0.2) is 0 Å². The zero-order valence-corrected chi connectivity index (χ0v) is 13.4. The topological polar surface area (TPSA) is 30.0 Å². The van der Waals surface area contributed by atoms with E-state index < -0.39 is 0 Å². The first kappa shape index (κ1) is 16.2. The van der Waals surface area contributed by atoms with Crippen LogP contribution in [-0.4, -0.2) is 84.8 Å².